The lowest BCUT2D eigenvalue weighted by atomic mass is 10.0. The number of carbonyl (C=O) groups excluding carboxylic acids is 1. The molecule has 1 amide bonds. The van der Waals surface area contributed by atoms with E-state index in [1.165, 1.54) is 17.4 Å². The Morgan fingerprint density at radius 1 is 1.29 bits per heavy atom. The molecule has 1 aromatic carbocycles. The number of aromatic nitrogens is 5. The fraction of sp³-hybridized carbons (Fsp3) is 0.280. The number of pyridine rings is 1. The number of rotatable bonds is 5. The molecule has 0 bridgehead atoms. The van der Waals surface area contributed by atoms with Gasteiger partial charge in [0, 0.05) is 31.4 Å². The van der Waals surface area contributed by atoms with Crippen LogP contribution in [0.2, 0.25) is 0 Å². The predicted octanol–water partition coefficient (Wildman–Crippen LogP) is 3.70. The van der Waals surface area contributed by atoms with Crippen LogP contribution in [0.5, 0.6) is 0 Å². The number of halogens is 1. The maximum Gasteiger partial charge on any atom is 0.258 e. The summed E-state index contributed by atoms with van der Waals surface area (Å²) in [7, 11) is 4.09. The molecule has 0 saturated heterocycles. The van der Waals surface area contributed by atoms with Gasteiger partial charge in [-0.3, -0.25) is 4.79 Å². The molecule has 5 aromatic rings. The number of likely N-dealkylation sites (N-methyl/N-ethyl adjacent to an activating group) is 1. The lowest BCUT2D eigenvalue weighted by Crippen LogP contribution is -2.40. The molecular weight excluding hydrogens is 465 g/mol. The van der Waals surface area contributed by atoms with E-state index < -0.39 is 6.04 Å². The molecule has 5 heterocycles. The molecule has 0 fully saturated rings. The molecular formula is C25H24FN7OS. The Labute approximate surface area is 205 Å². The summed E-state index contributed by atoms with van der Waals surface area (Å²) in [6.07, 6.45) is 6.80. The third kappa shape index (κ3) is 3.78. The molecule has 1 atom stereocenters. The maximum atomic E-state index is 14.4. The summed E-state index contributed by atoms with van der Waals surface area (Å²) in [5.74, 6) is -0.506. The highest BCUT2D eigenvalue weighted by Gasteiger charge is 2.37. The van der Waals surface area contributed by atoms with Crippen LogP contribution < -0.4 is 0 Å². The molecule has 10 heteroatoms. The number of H-pyrrole nitrogens is 1. The summed E-state index contributed by atoms with van der Waals surface area (Å²) in [4.78, 5) is 30.1. The molecule has 0 radical (unpaired) electrons. The average molecular weight is 490 g/mol. The Morgan fingerprint density at radius 3 is 3.00 bits per heavy atom. The molecule has 35 heavy (non-hydrogen) atoms. The maximum absolute atomic E-state index is 14.4. The molecule has 6 rings (SSSR count). The van der Waals surface area contributed by atoms with E-state index in [1.807, 2.05) is 38.5 Å². The molecule has 1 aliphatic rings. The highest BCUT2D eigenvalue weighted by atomic mass is 32.1. The second-order valence-corrected chi connectivity index (χ2v) is 10.1. The van der Waals surface area contributed by atoms with Crippen LogP contribution in [0, 0.1) is 5.82 Å². The van der Waals surface area contributed by atoms with E-state index in [0.717, 1.165) is 40.1 Å². The van der Waals surface area contributed by atoms with Gasteiger partial charge in [-0.05, 0) is 44.3 Å². The Kier molecular flexibility index (Phi) is 5.34. The minimum atomic E-state index is -0.497. The summed E-state index contributed by atoms with van der Waals surface area (Å²) in [6.45, 7) is 1.43. The van der Waals surface area contributed by atoms with E-state index in [2.05, 4.69) is 25.0 Å². The van der Waals surface area contributed by atoms with Crippen molar-refractivity contribution in [2.24, 2.45) is 0 Å². The number of fused-ring (bicyclic) bond motifs is 3. The van der Waals surface area contributed by atoms with Gasteiger partial charge in [-0.1, -0.05) is 12.1 Å². The SMILES string of the molecule is CN(C)CCc1ccc2c(C(=O)N3CCc4[nH]cnc4[C@H]3c3nc4c(F)cccc4s3)cnn2c1. The van der Waals surface area contributed by atoms with Crippen LogP contribution >= 0.6 is 11.3 Å². The number of hydrogen-bond acceptors (Lipinski definition) is 6. The van der Waals surface area contributed by atoms with Crippen LogP contribution in [0.4, 0.5) is 4.39 Å². The van der Waals surface area contributed by atoms with Gasteiger partial charge in [-0.15, -0.1) is 11.3 Å². The van der Waals surface area contributed by atoms with Crippen molar-refractivity contribution in [3.63, 3.8) is 0 Å². The lowest BCUT2D eigenvalue weighted by Gasteiger charge is -2.33. The Morgan fingerprint density at radius 2 is 2.17 bits per heavy atom. The third-order valence-corrected chi connectivity index (χ3v) is 7.53. The first-order chi connectivity index (χ1) is 17.0. The van der Waals surface area contributed by atoms with Crippen molar-refractivity contribution in [1.82, 2.24) is 34.4 Å². The predicted molar refractivity (Wildman–Crippen MR) is 132 cm³/mol. The fourth-order valence-corrected chi connectivity index (χ4v) is 5.74. The standard InChI is InChI=1S/C25H24FN7OS/c1-31(2)10-8-15-6-7-19-16(12-29-33(19)13-15)25(34)32-11-9-18-22(28-14-27-18)23(32)24-30-21-17(26)4-3-5-20(21)35-24/h3-7,12-14,23H,8-11H2,1-2H3,(H,27,28)/t23-/m0/s1. The number of benzene rings is 1. The van der Waals surface area contributed by atoms with Crippen molar-refractivity contribution in [2.45, 2.75) is 18.9 Å². The molecule has 8 nitrogen and oxygen atoms in total. The molecule has 1 aliphatic heterocycles. The summed E-state index contributed by atoms with van der Waals surface area (Å²) in [6, 6.07) is 8.43. The van der Waals surface area contributed by atoms with Gasteiger partial charge in [-0.25, -0.2) is 18.9 Å². The van der Waals surface area contributed by atoms with E-state index >= 15 is 0 Å². The quantitative estimate of drug-likeness (QED) is 0.407. The van der Waals surface area contributed by atoms with Gasteiger partial charge in [0.05, 0.1) is 34.0 Å². The van der Waals surface area contributed by atoms with Crippen LogP contribution in [0.1, 0.15) is 38.4 Å². The van der Waals surface area contributed by atoms with Gasteiger partial charge in [0.15, 0.2) is 0 Å². The molecule has 0 unspecified atom stereocenters. The third-order valence-electron chi connectivity index (χ3n) is 6.46. The van der Waals surface area contributed by atoms with Gasteiger partial charge in [0.25, 0.3) is 5.91 Å². The molecule has 0 spiro atoms. The van der Waals surface area contributed by atoms with Crippen molar-refractivity contribution in [3.05, 3.63) is 82.4 Å². The first-order valence-electron chi connectivity index (χ1n) is 11.5. The smallest absolute Gasteiger partial charge is 0.258 e. The van der Waals surface area contributed by atoms with Crippen molar-refractivity contribution < 1.29 is 9.18 Å². The Hall–Kier alpha value is -3.63. The fourth-order valence-electron chi connectivity index (χ4n) is 4.64. The topological polar surface area (TPSA) is 82.4 Å². The van der Waals surface area contributed by atoms with Crippen LogP contribution in [-0.4, -0.2) is 67.5 Å². The van der Waals surface area contributed by atoms with Crippen LogP contribution in [0.15, 0.2) is 49.1 Å². The minimum Gasteiger partial charge on any atom is -0.348 e. The van der Waals surface area contributed by atoms with E-state index in [0.29, 0.717) is 29.1 Å². The Balaban J connectivity index is 1.39. The highest BCUT2D eigenvalue weighted by Crippen LogP contribution is 2.38. The zero-order valence-corrected chi connectivity index (χ0v) is 20.2. The monoisotopic (exact) mass is 489 g/mol. The van der Waals surface area contributed by atoms with Crippen LogP contribution in [-0.2, 0) is 12.8 Å². The van der Waals surface area contributed by atoms with Crippen molar-refractivity contribution >= 4 is 33.0 Å². The largest absolute Gasteiger partial charge is 0.348 e. The molecule has 178 valence electrons. The van der Waals surface area contributed by atoms with Gasteiger partial charge >= 0.3 is 0 Å². The zero-order chi connectivity index (χ0) is 24.1. The van der Waals surface area contributed by atoms with Crippen LogP contribution in [0.3, 0.4) is 0 Å². The Bertz CT molecular complexity index is 1550. The number of thiazole rings is 1. The number of carbonyl (C=O) groups is 1. The number of amides is 1. The second kappa shape index (κ2) is 8.54. The number of para-hydroxylation sites is 1. The van der Waals surface area contributed by atoms with Crippen molar-refractivity contribution in [1.29, 1.82) is 0 Å². The van der Waals surface area contributed by atoms with Crippen molar-refractivity contribution in [2.75, 3.05) is 27.2 Å². The summed E-state index contributed by atoms with van der Waals surface area (Å²) in [5, 5.41) is 5.12. The summed E-state index contributed by atoms with van der Waals surface area (Å²) >= 11 is 1.39. The molecule has 1 N–H and O–H groups in total. The van der Waals surface area contributed by atoms with Gasteiger partial charge in [-0.2, -0.15) is 5.10 Å². The zero-order valence-electron chi connectivity index (χ0n) is 19.4. The van der Waals surface area contributed by atoms with Gasteiger partial charge in [0.2, 0.25) is 0 Å². The average Bonchev–Trinajstić information content (AvgIpc) is 3.59. The normalized spacial score (nSPS) is 15.9. The van der Waals surface area contributed by atoms with Gasteiger partial charge in [0.1, 0.15) is 22.4 Å². The highest BCUT2D eigenvalue weighted by molar-refractivity contribution is 7.18. The van der Waals surface area contributed by atoms with E-state index in [-0.39, 0.29) is 11.7 Å². The first kappa shape index (κ1) is 21.9. The van der Waals surface area contributed by atoms with E-state index in [4.69, 9.17) is 0 Å². The minimum absolute atomic E-state index is 0.139. The number of nitrogens with zero attached hydrogens (tertiary/aromatic N) is 6. The molecule has 0 aliphatic carbocycles. The lowest BCUT2D eigenvalue weighted by molar-refractivity contribution is 0.0692. The summed E-state index contributed by atoms with van der Waals surface area (Å²) in [5.41, 5.74) is 4.49. The molecule has 4 aromatic heterocycles. The second-order valence-electron chi connectivity index (χ2n) is 9.03. The van der Waals surface area contributed by atoms with Crippen LogP contribution in [0.25, 0.3) is 15.7 Å². The number of imidazole rings is 1. The van der Waals surface area contributed by atoms with E-state index in [9.17, 15) is 9.18 Å². The number of hydrogen-bond donors (Lipinski definition) is 1. The van der Waals surface area contributed by atoms with E-state index in [1.54, 1.807) is 28.0 Å². The summed E-state index contributed by atoms with van der Waals surface area (Å²) < 4.78 is 16.9. The number of aromatic amines is 1. The van der Waals surface area contributed by atoms with Crippen molar-refractivity contribution in [3.8, 4) is 0 Å². The molecule has 0 saturated carbocycles. The number of nitrogens with one attached hydrogen (secondary N) is 1. The first-order valence-corrected chi connectivity index (χ1v) is 12.3. The van der Waals surface area contributed by atoms with Gasteiger partial charge < -0.3 is 14.8 Å².